The van der Waals surface area contributed by atoms with Gasteiger partial charge in [-0.05, 0) is 57.9 Å². The number of carbonyl (C=O) groups is 2. The highest BCUT2D eigenvalue weighted by atomic mass is 79.9. The molecule has 0 aliphatic heterocycles. The Balaban J connectivity index is 1.63. The van der Waals surface area contributed by atoms with Crippen molar-refractivity contribution in [2.24, 2.45) is 5.10 Å². The van der Waals surface area contributed by atoms with Gasteiger partial charge in [-0.3, -0.25) is 14.9 Å². The molecule has 9 heteroatoms. The lowest BCUT2D eigenvalue weighted by atomic mass is 10.2. The van der Waals surface area contributed by atoms with E-state index in [0.717, 1.165) is 0 Å². The fourth-order valence-corrected chi connectivity index (χ4v) is 2.88. The molecular weight excluding hydrogens is 454 g/mol. The molecule has 30 heavy (non-hydrogen) atoms. The summed E-state index contributed by atoms with van der Waals surface area (Å²) in [6, 6.07) is 18.6. The van der Waals surface area contributed by atoms with Gasteiger partial charge in [-0.1, -0.05) is 24.3 Å². The van der Waals surface area contributed by atoms with Crippen molar-refractivity contribution in [2.75, 3.05) is 0 Å². The van der Waals surface area contributed by atoms with Gasteiger partial charge in [0.05, 0.1) is 22.3 Å². The number of esters is 1. The van der Waals surface area contributed by atoms with Crippen LogP contribution in [0.25, 0.3) is 0 Å². The minimum Gasteiger partial charge on any atom is -0.423 e. The van der Waals surface area contributed by atoms with E-state index in [1.165, 1.54) is 30.5 Å². The highest BCUT2D eigenvalue weighted by Gasteiger charge is 2.12. The minimum atomic E-state index is -0.652. The number of nitro benzene ring substituents is 1. The van der Waals surface area contributed by atoms with Crippen LogP contribution in [0.5, 0.6) is 5.75 Å². The van der Waals surface area contributed by atoms with Crippen molar-refractivity contribution in [3.05, 3.63) is 104 Å². The molecule has 0 aliphatic rings. The molecule has 0 aromatic heterocycles. The third-order valence-corrected chi connectivity index (χ3v) is 4.57. The molecular formula is C21H14BrN3O5. The Kier molecular flexibility index (Phi) is 6.66. The summed E-state index contributed by atoms with van der Waals surface area (Å²) in [6.45, 7) is 0. The quantitative estimate of drug-likeness (QED) is 0.190. The third kappa shape index (κ3) is 5.36. The average Bonchev–Trinajstić information content (AvgIpc) is 2.74. The highest BCUT2D eigenvalue weighted by molar-refractivity contribution is 9.10. The van der Waals surface area contributed by atoms with E-state index in [1.807, 2.05) is 0 Å². The second-order valence-corrected chi connectivity index (χ2v) is 6.80. The number of amides is 1. The van der Waals surface area contributed by atoms with E-state index < -0.39 is 10.9 Å². The van der Waals surface area contributed by atoms with E-state index in [0.29, 0.717) is 15.6 Å². The van der Waals surface area contributed by atoms with Crippen LogP contribution in [0.3, 0.4) is 0 Å². The molecule has 3 aromatic rings. The number of nitro groups is 1. The van der Waals surface area contributed by atoms with Crippen molar-refractivity contribution in [3.63, 3.8) is 0 Å². The maximum absolute atomic E-state index is 12.2. The van der Waals surface area contributed by atoms with Crippen LogP contribution in [0.2, 0.25) is 0 Å². The Morgan fingerprint density at radius 1 is 1.03 bits per heavy atom. The number of rotatable bonds is 6. The van der Waals surface area contributed by atoms with Crippen LogP contribution < -0.4 is 10.2 Å². The van der Waals surface area contributed by atoms with E-state index in [4.69, 9.17) is 4.74 Å². The lowest BCUT2D eigenvalue weighted by molar-refractivity contribution is -0.384. The molecule has 0 bridgehead atoms. The van der Waals surface area contributed by atoms with Crippen LogP contribution in [-0.4, -0.2) is 23.0 Å². The van der Waals surface area contributed by atoms with Crippen LogP contribution >= 0.6 is 15.9 Å². The summed E-state index contributed by atoms with van der Waals surface area (Å²) in [5, 5.41) is 14.6. The van der Waals surface area contributed by atoms with E-state index in [9.17, 15) is 19.7 Å². The van der Waals surface area contributed by atoms with E-state index in [-0.39, 0.29) is 22.9 Å². The van der Waals surface area contributed by atoms with Crippen molar-refractivity contribution < 1.29 is 19.2 Å². The predicted octanol–water partition coefficient (Wildman–Crippen LogP) is 4.34. The molecule has 150 valence electrons. The van der Waals surface area contributed by atoms with Crippen LogP contribution in [0.4, 0.5) is 5.69 Å². The van der Waals surface area contributed by atoms with Gasteiger partial charge in [0.25, 0.3) is 11.6 Å². The van der Waals surface area contributed by atoms with Gasteiger partial charge in [0.2, 0.25) is 0 Å². The van der Waals surface area contributed by atoms with Gasteiger partial charge in [0.1, 0.15) is 5.75 Å². The Labute approximate surface area is 179 Å². The smallest absolute Gasteiger partial charge is 0.343 e. The number of hydrogen-bond acceptors (Lipinski definition) is 6. The third-order valence-electron chi connectivity index (χ3n) is 3.88. The van der Waals surface area contributed by atoms with Gasteiger partial charge < -0.3 is 4.74 Å². The van der Waals surface area contributed by atoms with Gasteiger partial charge in [-0.2, -0.15) is 5.10 Å². The summed E-state index contributed by atoms with van der Waals surface area (Å²) in [5.41, 5.74) is 3.53. The maximum Gasteiger partial charge on any atom is 0.343 e. The molecule has 1 N–H and O–H groups in total. The van der Waals surface area contributed by atoms with Crippen LogP contribution in [0.1, 0.15) is 26.3 Å². The zero-order chi connectivity index (χ0) is 21.5. The normalized spacial score (nSPS) is 10.6. The molecule has 0 atom stereocenters. The van der Waals surface area contributed by atoms with Crippen molar-refractivity contribution in [1.82, 2.24) is 5.43 Å². The first-order valence-electron chi connectivity index (χ1n) is 8.58. The number of non-ortho nitro benzene ring substituents is 1. The van der Waals surface area contributed by atoms with Gasteiger partial charge in [0, 0.05) is 16.6 Å². The first kappa shape index (κ1) is 20.9. The Hall–Kier alpha value is -3.85. The van der Waals surface area contributed by atoms with Crippen LogP contribution in [0.15, 0.2) is 82.4 Å². The van der Waals surface area contributed by atoms with Gasteiger partial charge in [-0.15, -0.1) is 0 Å². The summed E-state index contributed by atoms with van der Waals surface area (Å²) in [5.74, 6) is -0.764. The minimum absolute atomic E-state index is 0.116. The fraction of sp³-hybridized carbons (Fsp3) is 0. The monoisotopic (exact) mass is 467 g/mol. The predicted molar refractivity (Wildman–Crippen MR) is 114 cm³/mol. The zero-order valence-electron chi connectivity index (χ0n) is 15.3. The van der Waals surface area contributed by atoms with Gasteiger partial charge >= 0.3 is 5.97 Å². The number of halogens is 1. The summed E-state index contributed by atoms with van der Waals surface area (Å²) >= 11 is 3.30. The molecule has 3 rings (SSSR count). The number of hydrogen-bond donors (Lipinski definition) is 1. The number of ether oxygens (including phenoxy) is 1. The molecule has 0 saturated heterocycles. The zero-order valence-corrected chi connectivity index (χ0v) is 16.9. The topological polar surface area (TPSA) is 111 Å². The van der Waals surface area contributed by atoms with Gasteiger partial charge in [0.15, 0.2) is 0 Å². The summed E-state index contributed by atoms with van der Waals surface area (Å²) in [4.78, 5) is 34.5. The Morgan fingerprint density at radius 2 is 1.77 bits per heavy atom. The first-order valence-corrected chi connectivity index (χ1v) is 9.38. The second-order valence-electron chi connectivity index (χ2n) is 5.94. The molecule has 3 aromatic carbocycles. The lowest BCUT2D eigenvalue weighted by Crippen LogP contribution is -2.18. The number of benzene rings is 3. The summed E-state index contributed by atoms with van der Waals surface area (Å²) in [6.07, 6.45) is 1.41. The van der Waals surface area contributed by atoms with Crippen LogP contribution in [-0.2, 0) is 0 Å². The van der Waals surface area contributed by atoms with E-state index >= 15 is 0 Å². The van der Waals surface area contributed by atoms with Crippen molar-refractivity contribution in [2.45, 2.75) is 0 Å². The molecule has 8 nitrogen and oxygen atoms in total. The first-order chi connectivity index (χ1) is 14.4. The number of carbonyl (C=O) groups excluding carboxylic acids is 2. The van der Waals surface area contributed by atoms with Gasteiger partial charge in [-0.25, -0.2) is 10.2 Å². The largest absolute Gasteiger partial charge is 0.423 e. The molecule has 0 aliphatic carbocycles. The van der Waals surface area contributed by atoms with Crippen molar-refractivity contribution >= 4 is 39.7 Å². The average molecular weight is 468 g/mol. The molecule has 0 spiro atoms. The lowest BCUT2D eigenvalue weighted by Gasteiger charge is -2.05. The highest BCUT2D eigenvalue weighted by Crippen LogP contribution is 2.17. The SMILES string of the molecule is O=C(Oc1cccc(/C=N/NC(=O)c2ccccc2Br)c1)c1ccc([N+](=O)[O-])cc1. The summed E-state index contributed by atoms with van der Waals surface area (Å²) < 4.78 is 5.94. The molecule has 0 radical (unpaired) electrons. The maximum atomic E-state index is 12.2. The molecule has 0 saturated carbocycles. The summed E-state index contributed by atoms with van der Waals surface area (Å²) in [7, 11) is 0. The van der Waals surface area contributed by atoms with Crippen molar-refractivity contribution in [1.29, 1.82) is 0 Å². The molecule has 0 fully saturated rings. The Morgan fingerprint density at radius 3 is 2.47 bits per heavy atom. The second kappa shape index (κ2) is 9.57. The Bertz CT molecular complexity index is 1130. The van der Waals surface area contributed by atoms with Crippen LogP contribution in [0, 0.1) is 10.1 Å². The number of nitrogens with one attached hydrogen (secondary N) is 1. The van der Waals surface area contributed by atoms with Crippen molar-refractivity contribution in [3.8, 4) is 5.75 Å². The van der Waals surface area contributed by atoms with E-state index in [2.05, 4.69) is 26.5 Å². The molecule has 0 heterocycles. The molecule has 1 amide bonds. The van der Waals surface area contributed by atoms with E-state index in [1.54, 1.807) is 48.5 Å². The number of hydrazone groups is 1. The fourth-order valence-electron chi connectivity index (χ4n) is 2.41. The number of nitrogens with zero attached hydrogens (tertiary/aromatic N) is 2. The standard InChI is InChI=1S/C21H14BrN3O5/c22-19-7-2-1-6-18(19)20(26)24-23-13-14-4-3-5-17(12-14)30-21(27)15-8-10-16(11-9-15)25(28)29/h1-13H,(H,24,26)/b23-13+. The molecule has 0 unspecified atom stereocenters.